The van der Waals surface area contributed by atoms with E-state index in [1.807, 2.05) is 26.0 Å². The van der Waals surface area contributed by atoms with Gasteiger partial charge in [0.1, 0.15) is 5.82 Å². The first-order valence-corrected chi connectivity index (χ1v) is 3.75. The van der Waals surface area contributed by atoms with Crippen LogP contribution in [0.3, 0.4) is 0 Å². The molecule has 0 radical (unpaired) electrons. The van der Waals surface area contributed by atoms with Crippen LogP contribution in [0.1, 0.15) is 12.6 Å². The van der Waals surface area contributed by atoms with Gasteiger partial charge in [-0.05, 0) is 26.0 Å². The van der Waals surface area contributed by atoms with Gasteiger partial charge < -0.3 is 5.32 Å². The minimum atomic E-state index is -0.0120. The van der Waals surface area contributed by atoms with Crippen LogP contribution in [0.25, 0.3) is 0 Å². The molecule has 3 heteroatoms. The molecule has 0 aliphatic rings. The monoisotopic (exact) mass is 161 g/mol. The molecular formula is C9H11N3. The minimum Gasteiger partial charge on any atom is -0.355 e. The standard InChI is InChI=1S/C9H11N3/c1-4-7(2)10-9-6-5-8(3)11-12-9/h1,5-7H,2-3H3,(H,10,12). The lowest BCUT2D eigenvalue weighted by atomic mass is 10.3. The quantitative estimate of drug-likeness (QED) is 0.663. The Morgan fingerprint density at radius 2 is 2.25 bits per heavy atom. The highest BCUT2D eigenvalue weighted by atomic mass is 15.2. The fraction of sp³-hybridized carbons (Fsp3) is 0.333. The van der Waals surface area contributed by atoms with Gasteiger partial charge in [-0.1, -0.05) is 5.92 Å². The van der Waals surface area contributed by atoms with Gasteiger partial charge in [-0.25, -0.2) is 0 Å². The molecule has 0 saturated heterocycles. The first-order valence-electron chi connectivity index (χ1n) is 3.75. The van der Waals surface area contributed by atoms with Crippen LogP contribution in [0.4, 0.5) is 5.82 Å². The number of aryl methyl sites for hydroxylation is 1. The van der Waals surface area contributed by atoms with E-state index < -0.39 is 0 Å². The molecule has 0 aliphatic heterocycles. The third-order valence-electron chi connectivity index (χ3n) is 1.41. The third kappa shape index (κ3) is 2.24. The molecule has 0 spiro atoms. The largest absolute Gasteiger partial charge is 0.355 e. The molecule has 1 unspecified atom stereocenters. The zero-order valence-electron chi connectivity index (χ0n) is 7.20. The predicted molar refractivity (Wildman–Crippen MR) is 48.7 cm³/mol. The third-order valence-corrected chi connectivity index (χ3v) is 1.41. The van der Waals surface area contributed by atoms with Gasteiger partial charge in [0.15, 0.2) is 0 Å². The molecule has 1 aromatic heterocycles. The topological polar surface area (TPSA) is 37.8 Å². The molecule has 1 aromatic rings. The second kappa shape index (κ2) is 3.72. The van der Waals surface area contributed by atoms with Crippen molar-refractivity contribution < 1.29 is 0 Å². The summed E-state index contributed by atoms with van der Waals surface area (Å²) in [6.07, 6.45) is 5.19. The molecule has 0 saturated carbocycles. The maximum absolute atomic E-state index is 5.19. The Hall–Kier alpha value is -1.56. The SMILES string of the molecule is C#CC(C)Nc1ccc(C)nn1. The number of anilines is 1. The van der Waals surface area contributed by atoms with Crippen molar-refractivity contribution >= 4 is 5.82 Å². The molecule has 0 bridgehead atoms. The summed E-state index contributed by atoms with van der Waals surface area (Å²) < 4.78 is 0. The van der Waals surface area contributed by atoms with E-state index in [1.165, 1.54) is 0 Å². The van der Waals surface area contributed by atoms with Crippen molar-refractivity contribution in [2.45, 2.75) is 19.9 Å². The smallest absolute Gasteiger partial charge is 0.149 e. The van der Waals surface area contributed by atoms with E-state index in [4.69, 9.17) is 6.42 Å². The normalized spacial score (nSPS) is 11.8. The average molecular weight is 161 g/mol. The van der Waals surface area contributed by atoms with Crippen molar-refractivity contribution in [2.75, 3.05) is 5.32 Å². The molecule has 0 aromatic carbocycles. The number of nitrogens with zero attached hydrogens (tertiary/aromatic N) is 2. The van der Waals surface area contributed by atoms with E-state index in [0.29, 0.717) is 5.82 Å². The van der Waals surface area contributed by atoms with Crippen molar-refractivity contribution in [3.05, 3.63) is 17.8 Å². The summed E-state index contributed by atoms with van der Waals surface area (Å²) in [6, 6.07) is 3.73. The van der Waals surface area contributed by atoms with E-state index in [1.54, 1.807) is 0 Å². The van der Waals surface area contributed by atoms with Gasteiger partial charge in [-0.2, -0.15) is 5.10 Å². The highest BCUT2D eigenvalue weighted by Gasteiger charge is 1.97. The zero-order valence-corrected chi connectivity index (χ0v) is 7.20. The van der Waals surface area contributed by atoms with Crippen LogP contribution in [0.5, 0.6) is 0 Å². The summed E-state index contributed by atoms with van der Waals surface area (Å²) >= 11 is 0. The van der Waals surface area contributed by atoms with Crippen LogP contribution < -0.4 is 5.32 Å². The second-order valence-electron chi connectivity index (χ2n) is 2.59. The number of terminal acetylenes is 1. The Labute approximate surface area is 72.2 Å². The molecule has 1 heterocycles. The van der Waals surface area contributed by atoms with E-state index in [0.717, 1.165) is 5.69 Å². The second-order valence-corrected chi connectivity index (χ2v) is 2.59. The van der Waals surface area contributed by atoms with Gasteiger partial charge >= 0.3 is 0 Å². The van der Waals surface area contributed by atoms with E-state index in [2.05, 4.69) is 21.4 Å². The lowest BCUT2D eigenvalue weighted by molar-refractivity contribution is 0.939. The highest BCUT2D eigenvalue weighted by molar-refractivity contribution is 5.36. The van der Waals surface area contributed by atoms with E-state index >= 15 is 0 Å². The lowest BCUT2D eigenvalue weighted by Crippen LogP contribution is -2.13. The summed E-state index contributed by atoms with van der Waals surface area (Å²) in [5.41, 5.74) is 0.897. The van der Waals surface area contributed by atoms with Crippen LogP contribution >= 0.6 is 0 Å². The molecule has 3 nitrogen and oxygen atoms in total. The number of hydrogen-bond acceptors (Lipinski definition) is 3. The Balaban J connectivity index is 2.66. The number of hydrogen-bond donors (Lipinski definition) is 1. The van der Waals surface area contributed by atoms with Crippen LogP contribution in [-0.2, 0) is 0 Å². The van der Waals surface area contributed by atoms with E-state index in [-0.39, 0.29) is 6.04 Å². The molecule has 1 atom stereocenters. The summed E-state index contributed by atoms with van der Waals surface area (Å²) in [6.45, 7) is 3.78. The molecule has 62 valence electrons. The molecule has 1 rings (SSSR count). The summed E-state index contributed by atoms with van der Waals surface area (Å²) in [4.78, 5) is 0. The van der Waals surface area contributed by atoms with Crippen molar-refractivity contribution in [1.29, 1.82) is 0 Å². The number of aromatic nitrogens is 2. The van der Waals surface area contributed by atoms with Gasteiger partial charge in [0.25, 0.3) is 0 Å². The fourth-order valence-corrected chi connectivity index (χ4v) is 0.739. The number of rotatable bonds is 2. The van der Waals surface area contributed by atoms with Crippen LogP contribution in [0, 0.1) is 19.3 Å². The molecule has 0 aliphatic carbocycles. The van der Waals surface area contributed by atoms with Crippen molar-refractivity contribution in [3.63, 3.8) is 0 Å². The zero-order chi connectivity index (χ0) is 8.97. The maximum Gasteiger partial charge on any atom is 0.149 e. The summed E-state index contributed by atoms with van der Waals surface area (Å²) in [5, 5.41) is 10.8. The van der Waals surface area contributed by atoms with Crippen molar-refractivity contribution in [2.24, 2.45) is 0 Å². The van der Waals surface area contributed by atoms with Crippen LogP contribution in [0.2, 0.25) is 0 Å². The van der Waals surface area contributed by atoms with Crippen molar-refractivity contribution in [1.82, 2.24) is 10.2 Å². The fourth-order valence-electron chi connectivity index (χ4n) is 0.739. The Bertz CT molecular complexity index is 284. The Morgan fingerprint density at radius 1 is 1.50 bits per heavy atom. The predicted octanol–water partition coefficient (Wildman–Crippen LogP) is 1.22. The van der Waals surface area contributed by atoms with Crippen molar-refractivity contribution in [3.8, 4) is 12.3 Å². The first-order chi connectivity index (χ1) is 5.72. The van der Waals surface area contributed by atoms with Gasteiger partial charge in [-0.15, -0.1) is 11.5 Å². The van der Waals surface area contributed by atoms with Crippen LogP contribution in [0.15, 0.2) is 12.1 Å². The summed E-state index contributed by atoms with van der Waals surface area (Å²) in [5.74, 6) is 3.26. The van der Waals surface area contributed by atoms with Crippen LogP contribution in [-0.4, -0.2) is 16.2 Å². The lowest BCUT2D eigenvalue weighted by Gasteiger charge is -2.06. The maximum atomic E-state index is 5.19. The molecule has 1 N–H and O–H groups in total. The number of nitrogens with one attached hydrogen (secondary N) is 1. The highest BCUT2D eigenvalue weighted by Crippen LogP contribution is 2.02. The minimum absolute atomic E-state index is 0.0120. The summed E-state index contributed by atoms with van der Waals surface area (Å²) in [7, 11) is 0. The average Bonchev–Trinajstić information content (AvgIpc) is 2.09. The molecular weight excluding hydrogens is 150 g/mol. The molecule has 0 fully saturated rings. The Kier molecular flexibility index (Phi) is 2.65. The van der Waals surface area contributed by atoms with E-state index in [9.17, 15) is 0 Å². The van der Waals surface area contributed by atoms with Gasteiger partial charge in [0.2, 0.25) is 0 Å². The molecule has 0 amide bonds. The molecule has 12 heavy (non-hydrogen) atoms. The Morgan fingerprint density at radius 3 is 2.75 bits per heavy atom. The first kappa shape index (κ1) is 8.54. The van der Waals surface area contributed by atoms with Gasteiger partial charge in [0, 0.05) is 0 Å². The van der Waals surface area contributed by atoms with Gasteiger partial charge in [-0.3, -0.25) is 0 Å². The van der Waals surface area contributed by atoms with Gasteiger partial charge in [0.05, 0.1) is 11.7 Å².